The topological polar surface area (TPSA) is 89.5 Å². The number of aliphatic imine (C=N–C) groups is 1. The number of rotatable bonds is 3. The molecule has 0 bridgehead atoms. The molecule has 168 valence electrons. The van der Waals surface area contributed by atoms with Crippen LogP contribution in [0.25, 0.3) is 0 Å². The zero-order chi connectivity index (χ0) is 22.4. The molecule has 1 fully saturated rings. The number of ether oxygens (including phenoxy) is 1. The van der Waals surface area contributed by atoms with Crippen molar-refractivity contribution in [3.05, 3.63) is 65.7 Å². The minimum absolute atomic E-state index is 0.131. The number of piperidine rings is 1. The molecule has 0 saturated carbocycles. The third kappa shape index (κ3) is 3.57. The summed E-state index contributed by atoms with van der Waals surface area (Å²) in [5.41, 5.74) is 10.6. The molecule has 3 aliphatic rings. The Balaban J connectivity index is 1.13. The highest BCUT2D eigenvalue weighted by Crippen LogP contribution is 2.50. The van der Waals surface area contributed by atoms with E-state index >= 15 is 0 Å². The summed E-state index contributed by atoms with van der Waals surface area (Å²) >= 11 is 1.53. The van der Waals surface area contributed by atoms with E-state index in [-0.39, 0.29) is 11.5 Å². The van der Waals surface area contributed by atoms with E-state index in [1.165, 1.54) is 22.9 Å². The summed E-state index contributed by atoms with van der Waals surface area (Å²) in [6.07, 6.45) is 9.24. The predicted octanol–water partition coefficient (Wildman–Crippen LogP) is 3.96. The second-order valence-corrected chi connectivity index (χ2v) is 10.1. The molecule has 1 spiro atoms. The lowest BCUT2D eigenvalue weighted by Gasteiger charge is -2.43. The Labute approximate surface area is 197 Å². The molecule has 2 aromatic heterocycles. The predicted molar refractivity (Wildman–Crippen MR) is 128 cm³/mol. The van der Waals surface area contributed by atoms with E-state index in [2.05, 4.69) is 39.1 Å². The molecule has 1 aliphatic carbocycles. The Bertz CT molecular complexity index is 1240. The molecular formula is C25H26N6OS. The van der Waals surface area contributed by atoms with Crippen molar-refractivity contribution in [2.75, 3.05) is 20.2 Å². The molecule has 0 unspecified atom stereocenters. The molecule has 7 nitrogen and oxygen atoms in total. The van der Waals surface area contributed by atoms with Gasteiger partial charge in [0.1, 0.15) is 10.9 Å². The number of pyridine rings is 1. The van der Waals surface area contributed by atoms with Crippen LogP contribution in [0.2, 0.25) is 0 Å². The lowest BCUT2D eigenvalue weighted by Crippen LogP contribution is -2.46. The van der Waals surface area contributed by atoms with Crippen molar-refractivity contribution in [1.29, 1.82) is 0 Å². The molecule has 2 N–H and O–H groups in total. The number of benzene rings is 1. The van der Waals surface area contributed by atoms with Crippen LogP contribution < -0.4 is 10.5 Å². The Kier molecular flexibility index (Phi) is 5.07. The normalized spacial score (nSPS) is 20.5. The third-order valence-corrected chi connectivity index (χ3v) is 8.22. The molecule has 2 aliphatic heterocycles. The van der Waals surface area contributed by atoms with Gasteiger partial charge in [-0.3, -0.25) is 4.98 Å². The molecule has 4 heterocycles. The van der Waals surface area contributed by atoms with E-state index in [1.54, 1.807) is 25.7 Å². The minimum atomic E-state index is 0.131. The first-order valence-corrected chi connectivity index (χ1v) is 12.1. The van der Waals surface area contributed by atoms with E-state index in [1.807, 2.05) is 6.07 Å². The zero-order valence-electron chi connectivity index (χ0n) is 18.6. The van der Waals surface area contributed by atoms with Crippen LogP contribution in [0.15, 0.2) is 63.8 Å². The Hall–Kier alpha value is -2.97. The molecule has 0 radical (unpaired) electrons. The van der Waals surface area contributed by atoms with Crippen molar-refractivity contribution in [3.8, 4) is 5.75 Å². The molecule has 8 heteroatoms. The van der Waals surface area contributed by atoms with Crippen molar-refractivity contribution in [2.45, 2.75) is 41.6 Å². The van der Waals surface area contributed by atoms with Crippen molar-refractivity contribution >= 4 is 23.4 Å². The maximum Gasteiger partial charge on any atom is 0.176 e. The van der Waals surface area contributed by atoms with Gasteiger partial charge in [0.15, 0.2) is 11.6 Å². The number of nitrogens with zero attached hydrogens (tertiary/aromatic N) is 5. The fraction of sp³-hybridized carbons (Fsp3) is 0.360. The summed E-state index contributed by atoms with van der Waals surface area (Å²) in [5, 5.41) is 0.835. The van der Waals surface area contributed by atoms with Crippen LogP contribution in [0.5, 0.6) is 5.75 Å². The monoisotopic (exact) mass is 458 g/mol. The van der Waals surface area contributed by atoms with Gasteiger partial charge in [-0.05, 0) is 41.9 Å². The quantitative estimate of drug-likeness (QED) is 0.635. The highest BCUT2D eigenvalue weighted by molar-refractivity contribution is 7.99. The van der Waals surface area contributed by atoms with E-state index in [0.29, 0.717) is 0 Å². The van der Waals surface area contributed by atoms with Gasteiger partial charge in [0.25, 0.3) is 0 Å². The highest BCUT2D eigenvalue weighted by Gasteiger charge is 2.46. The average Bonchev–Trinajstić information content (AvgIpc) is 3.39. The standard InChI is InChI=1S/C25H26N6OS/c1-32-19-14-27-9-6-20(19)33-22-15-28-24-18(29-22)12-21(30-24)31-10-7-25(8-11-31)13-16-4-2-3-5-17(16)23(25)26/h2-6,9,14-15,23H,7-8,10-13,26H2,1H3/t23-/m1/s1. The van der Waals surface area contributed by atoms with Gasteiger partial charge in [0, 0.05) is 25.3 Å². The van der Waals surface area contributed by atoms with Gasteiger partial charge >= 0.3 is 0 Å². The van der Waals surface area contributed by atoms with Crippen LogP contribution >= 0.6 is 11.8 Å². The molecule has 33 heavy (non-hydrogen) atoms. The summed E-state index contributed by atoms with van der Waals surface area (Å²) in [7, 11) is 1.65. The van der Waals surface area contributed by atoms with Gasteiger partial charge in [-0.2, -0.15) is 0 Å². The number of aromatic nitrogens is 3. The van der Waals surface area contributed by atoms with Crippen molar-refractivity contribution in [3.63, 3.8) is 0 Å². The van der Waals surface area contributed by atoms with E-state index in [0.717, 1.165) is 71.8 Å². The molecule has 1 aromatic carbocycles. The largest absolute Gasteiger partial charge is 0.494 e. The molecular weight excluding hydrogens is 432 g/mol. The van der Waals surface area contributed by atoms with Gasteiger partial charge in [0.2, 0.25) is 0 Å². The van der Waals surface area contributed by atoms with Gasteiger partial charge < -0.3 is 15.4 Å². The van der Waals surface area contributed by atoms with Crippen LogP contribution in [-0.4, -0.2) is 45.9 Å². The van der Waals surface area contributed by atoms with Gasteiger partial charge in [-0.25, -0.2) is 15.0 Å². The van der Waals surface area contributed by atoms with Crippen molar-refractivity contribution in [2.24, 2.45) is 16.1 Å². The Morgan fingerprint density at radius 3 is 2.82 bits per heavy atom. The van der Waals surface area contributed by atoms with Crippen molar-refractivity contribution in [1.82, 2.24) is 19.9 Å². The summed E-state index contributed by atoms with van der Waals surface area (Å²) in [5.74, 6) is 2.55. The van der Waals surface area contributed by atoms with E-state index < -0.39 is 0 Å². The van der Waals surface area contributed by atoms with E-state index in [9.17, 15) is 0 Å². The number of fused-ring (bicyclic) bond motifs is 2. The zero-order valence-corrected chi connectivity index (χ0v) is 19.4. The number of hydrogen-bond donors (Lipinski definition) is 1. The van der Waals surface area contributed by atoms with E-state index in [4.69, 9.17) is 20.4 Å². The molecule has 3 aromatic rings. The lowest BCUT2D eigenvalue weighted by molar-refractivity contribution is 0.127. The maximum absolute atomic E-state index is 6.74. The average molecular weight is 459 g/mol. The fourth-order valence-corrected chi connectivity index (χ4v) is 6.24. The van der Waals surface area contributed by atoms with Gasteiger partial charge in [-0.1, -0.05) is 36.0 Å². The maximum atomic E-state index is 6.74. The summed E-state index contributed by atoms with van der Waals surface area (Å²) in [4.78, 5) is 21.7. The summed E-state index contributed by atoms with van der Waals surface area (Å²) in [6.45, 7) is 1.95. The summed E-state index contributed by atoms with van der Waals surface area (Å²) < 4.78 is 5.40. The number of methoxy groups -OCH3 is 1. The second kappa shape index (κ2) is 8.11. The molecule has 1 atom stereocenters. The molecule has 6 rings (SSSR count). The number of likely N-dealkylation sites (tertiary alicyclic amines) is 1. The Morgan fingerprint density at radius 1 is 1.15 bits per heavy atom. The molecule has 1 saturated heterocycles. The van der Waals surface area contributed by atoms with Crippen LogP contribution in [0.3, 0.4) is 0 Å². The van der Waals surface area contributed by atoms with Crippen molar-refractivity contribution < 1.29 is 4.74 Å². The fourth-order valence-electron chi connectivity index (χ4n) is 5.39. The lowest BCUT2D eigenvalue weighted by atomic mass is 9.73. The van der Waals surface area contributed by atoms with Crippen LogP contribution in [0.1, 0.15) is 35.7 Å². The number of hydrogen-bond acceptors (Lipinski definition) is 8. The third-order valence-electron chi connectivity index (χ3n) is 7.26. The summed E-state index contributed by atoms with van der Waals surface area (Å²) in [6, 6.07) is 10.7. The smallest absolute Gasteiger partial charge is 0.176 e. The first-order chi connectivity index (χ1) is 16.1. The number of nitrogens with two attached hydrogens (primary N) is 1. The van der Waals surface area contributed by atoms with Gasteiger partial charge in [0.05, 0.1) is 36.5 Å². The first kappa shape index (κ1) is 20.6. The first-order valence-electron chi connectivity index (χ1n) is 11.3. The number of amidine groups is 1. The van der Waals surface area contributed by atoms with Crippen LogP contribution in [-0.2, 0) is 12.8 Å². The molecule has 0 amide bonds. The second-order valence-electron chi connectivity index (χ2n) is 9.01. The minimum Gasteiger partial charge on any atom is -0.494 e. The SMILES string of the molecule is COc1cnccc1Sc1cnc2c(n1)CC(N1CCC3(CC1)Cc1ccccc1[C@H]3N)=N2. The highest BCUT2D eigenvalue weighted by atomic mass is 32.2. The van der Waals surface area contributed by atoms with Crippen LogP contribution in [0.4, 0.5) is 5.82 Å². The Morgan fingerprint density at radius 2 is 2.00 bits per heavy atom. The van der Waals surface area contributed by atoms with Crippen LogP contribution in [0, 0.1) is 5.41 Å². The van der Waals surface area contributed by atoms with Gasteiger partial charge in [-0.15, -0.1) is 0 Å².